The zero-order valence-electron chi connectivity index (χ0n) is 13.8. The van der Waals surface area contributed by atoms with Gasteiger partial charge in [-0.3, -0.25) is 14.7 Å². The molecule has 1 aromatic heterocycles. The average molecular weight is 321 g/mol. The van der Waals surface area contributed by atoms with Crippen molar-refractivity contribution < 1.29 is 4.79 Å². The first-order valence-corrected chi connectivity index (χ1v) is 8.44. The van der Waals surface area contributed by atoms with Crippen molar-refractivity contribution in [3.05, 3.63) is 72.1 Å². The highest BCUT2D eigenvalue weighted by Crippen LogP contribution is 2.14. The highest BCUT2D eigenvalue weighted by molar-refractivity contribution is 5.91. The van der Waals surface area contributed by atoms with E-state index in [0.717, 1.165) is 38.0 Å². The van der Waals surface area contributed by atoms with Gasteiger partial charge in [0.15, 0.2) is 0 Å². The second-order valence-electron chi connectivity index (χ2n) is 6.16. The first-order chi connectivity index (χ1) is 11.8. The molecule has 2 heterocycles. The molecule has 4 nitrogen and oxygen atoms in total. The fourth-order valence-electron chi connectivity index (χ4n) is 2.97. The van der Waals surface area contributed by atoms with Gasteiger partial charge in [-0.05, 0) is 42.2 Å². The average Bonchev–Trinajstić information content (AvgIpc) is 2.63. The maximum atomic E-state index is 12.0. The van der Waals surface area contributed by atoms with E-state index in [0.29, 0.717) is 0 Å². The van der Waals surface area contributed by atoms with Crippen LogP contribution in [0.25, 0.3) is 6.08 Å². The summed E-state index contributed by atoms with van der Waals surface area (Å²) in [6.45, 7) is 3.03. The minimum Gasteiger partial charge on any atom is -0.350 e. The summed E-state index contributed by atoms with van der Waals surface area (Å²) in [6, 6.07) is 14.6. The standard InChI is InChI=1S/C20H23N3O/c24-20(7-6-17-8-12-21-13-9-17)22-19-10-14-23(15-11-19)16-18-4-2-1-3-5-18/h1-9,12-13,19H,10-11,14-16H2,(H,22,24)/b7-6+. The number of nitrogens with one attached hydrogen (secondary N) is 1. The SMILES string of the molecule is O=C(/C=C/c1ccncc1)NC1CCN(Cc2ccccc2)CC1. The lowest BCUT2D eigenvalue weighted by molar-refractivity contribution is -0.117. The summed E-state index contributed by atoms with van der Waals surface area (Å²) in [4.78, 5) is 18.4. The molecule has 4 heteroatoms. The van der Waals surface area contributed by atoms with Crippen molar-refractivity contribution >= 4 is 12.0 Å². The number of amides is 1. The Balaban J connectivity index is 1.42. The smallest absolute Gasteiger partial charge is 0.244 e. The number of hydrogen-bond donors (Lipinski definition) is 1. The molecule has 124 valence electrons. The van der Waals surface area contributed by atoms with E-state index < -0.39 is 0 Å². The molecule has 0 unspecified atom stereocenters. The molecular weight excluding hydrogens is 298 g/mol. The lowest BCUT2D eigenvalue weighted by atomic mass is 10.0. The Morgan fingerprint density at radius 1 is 1.12 bits per heavy atom. The van der Waals surface area contributed by atoms with Gasteiger partial charge in [-0.1, -0.05) is 30.3 Å². The lowest BCUT2D eigenvalue weighted by Crippen LogP contribution is -2.43. The first kappa shape index (κ1) is 16.4. The van der Waals surface area contributed by atoms with Crippen molar-refractivity contribution in [3.63, 3.8) is 0 Å². The van der Waals surface area contributed by atoms with E-state index in [1.807, 2.05) is 24.3 Å². The molecule has 1 fully saturated rings. The normalized spacial score (nSPS) is 16.3. The van der Waals surface area contributed by atoms with Crippen LogP contribution in [-0.4, -0.2) is 34.9 Å². The highest BCUT2D eigenvalue weighted by atomic mass is 16.1. The topological polar surface area (TPSA) is 45.2 Å². The van der Waals surface area contributed by atoms with Crippen LogP contribution in [0, 0.1) is 0 Å². The molecule has 1 N–H and O–H groups in total. The lowest BCUT2D eigenvalue weighted by Gasteiger charge is -2.32. The maximum absolute atomic E-state index is 12.0. The molecule has 1 aliphatic rings. The minimum atomic E-state index is -0.0201. The van der Waals surface area contributed by atoms with Gasteiger partial charge in [-0.25, -0.2) is 0 Å². The van der Waals surface area contributed by atoms with Crippen LogP contribution in [-0.2, 0) is 11.3 Å². The van der Waals surface area contributed by atoms with Crippen LogP contribution >= 0.6 is 0 Å². The number of carbonyl (C=O) groups is 1. The predicted molar refractivity (Wildman–Crippen MR) is 96.2 cm³/mol. The van der Waals surface area contributed by atoms with Crippen LogP contribution < -0.4 is 5.32 Å². The van der Waals surface area contributed by atoms with Crippen LogP contribution in [0.3, 0.4) is 0 Å². The fraction of sp³-hybridized carbons (Fsp3) is 0.300. The highest BCUT2D eigenvalue weighted by Gasteiger charge is 2.19. The number of aromatic nitrogens is 1. The second kappa shape index (κ2) is 8.41. The van der Waals surface area contributed by atoms with Gasteiger partial charge in [-0.15, -0.1) is 0 Å². The van der Waals surface area contributed by atoms with E-state index in [1.54, 1.807) is 18.5 Å². The number of hydrogen-bond acceptors (Lipinski definition) is 3. The Labute approximate surface area is 143 Å². The Hall–Kier alpha value is -2.46. The molecule has 0 saturated carbocycles. The first-order valence-electron chi connectivity index (χ1n) is 8.44. The fourth-order valence-corrected chi connectivity index (χ4v) is 2.97. The Morgan fingerprint density at radius 2 is 1.83 bits per heavy atom. The predicted octanol–water partition coefficient (Wildman–Crippen LogP) is 2.88. The van der Waals surface area contributed by atoms with E-state index in [2.05, 4.69) is 39.5 Å². The molecule has 0 aliphatic carbocycles. The number of piperidine rings is 1. The van der Waals surface area contributed by atoms with E-state index in [9.17, 15) is 4.79 Å². The number of rotatable bonds is 5. The van der Waals surface area contributed by atoms with Crippen molar-refractivity contribution in [1.82, 2.24) is 15.2 Å². The molecule has 2 aromatic rings. The quantitative estimate of drug-likeness (QED) is 0.861. The van der Waals surface area contributed by atoms with Gasteiger partial charge in [-0.2, -0.15) is 0 Å². The molecule has 0 spiro atoms. The van der Waals surface area contributed by atoms with Crippen molar-refractivity contribution in [3.8, 4) is 0 Å². The summed E-state index contributed by atoms with van der Waals surface area (Å²) < 4.78 is 0. The molecule has 1 saturated heterocycles. The van der Waals surface area contributed by atoms with Crippen LogP contribution in [0.15, 0.2) is 60.9 Å². The summed E-state index contributed by atoms with van der Waals surface area (Å²) in [5.74, 6) is -0.0201. The zero-order valence-corrected chi connectivity index (χ0v) is 13.8. The number of benzene rings is 1. The summed E-state index contributed by atoms with van der Waals surface area (Å²) >= 11 is 0. The van der Waals surface area contributed by atoms with Gasteiger partial charge in [0, 0.05) is 44.1 Å². The Bertz CT molecular complexity index is 662. The molecule has 3 rings (SSSR count). The van der Waals surface area contributed by atoms with Gasteiger partial charge in [0.1, 0.15) is 0 Å². The summed E-state index contributed by atoms with van der Waals surface area (Å²) in [7, 11) is 0. The monoisotopic (exact) mass is 321 g/mol. The van der Waals surface area contributed by atoms with E-state index in [1.165, 1.54) is 5.56 Å². The minimum absolute atomic E-state index is 0.0201. The number of carbonyl (C=O) groups excluding carboxylic acids is 1. The van der Waals surface area contributed by atoms with Crippen molar-refractivity contribution in [2.75, 3.05) is 13.1 Å². The van der Waals surface area contributed by atoms with Crippen molar-refractivity contribution in [2.45, 2.75) is 25.4 Å². The number of likely N-dealkylation sites (tertiary alicyclic amines) is 1. The number of nitrogens with zero attached hydrogens (tertiary/aromatic N) is 2. The van der Waals surface area contributed by atoms with E-state index in [4.69, 9.17) is 0 Å². The van der Waals surface area contributed by atoms with Crippen LogP contribution in [0.4, 0.5) is 0 Å². The largest absolute Gasteiger partial charge is 0.350 e. The summed E-state index contributed by atoms with van der Waals surface area (Å²) in [5.41, 5.74) is 2.33. The van der Waals surface area contributed by atoms with Crippen LogP contribution in [0.2, 0.25) is 0 Å². The molecule has 0 atom stereocenters. The van der Waals surface area contributed by atoms with Gasteiger partial charge < -0.3 is 5.32 Å². The summed E-state index contributed by atoms with van der Waals surface area (Å²) in [6.07, 6.45) is 8.87. The molecule has 1 aromatic carbocycles. The van der Waals surface area contributed by atoms with Gasteiger partial charge in [0.05, 0.1) is 0 Å². The van der Waals surface area contributed by atoms with Gasteiger partial charge >= 0.3 is 0 Å². The Morgan fingerprint density at radius 3 is 2.54 bits per heavy atom. The Kier molecular flexibility index (Phi) is 5.75. The third-order valence-corrected chi connectivity index (χ3v) is 4.32. The van der Waals surface area contributed by atoms with Crippen molar-refractivity contribution in [1.29, 1.82) is 0 Å². The molecule has 0 radical (unpaired) electrons. The van der Waals surface area contributed by atoms with E-state index in [-0.39, 0.29) is 11.9 Å². The molecule has 1 amide bonds. The zero-order chi connectivity index (χ0) is 16.6. The summed E-state index contributed by atoms with van der Waals surface area (Å²) in [5, 5.41) is 3.11. The second-order valence-corrected chi connectivity index (χ2v) is 6.16. The molecule has 0 bridgehead atoms. The maximum Gasteiger partial charge on any atom is 0.244 e. The van der Waals surface area contributed by atoms with Crippen LogP contribution in [0.5, 0.6) is 0 Å². The molecule has 24 heavy (non-hydrogen) atoms. The molecular formula is C20H23N3O. The van der Waals surface area contributed by atoms with Crippen molar-refractivity contribution in [2.24, 2.45) is 0 Å². The van der Waals surface area contributed by atoms with Gasteiger partial charge in [0.2, 0.25) is 5.91 Å². The van der Waals surface area contributed by atoms with Crippen LogP contribution in [0.1, 0.15) is 24.0 Å². The number of pyridine rings is 1. The van der Waals surface area contributed by atoms with Gasteiger partial charge in [0.25, 0.3) is 0 Å². The molecule has 1 aliphatic heterocycles. The third-order valence-electron chi connectivity index (χ3n) is 4.32. The third kappa shape index (κ3) is 5.03. The van der Waals surface area contributed by atoms with E-state index >= 15 is 0 Å².